The highest BCUT2D eigenvalue weighted by molar-refractivity contribution is 5.65. The molecule has 0 saturated carbocycles. The van der Waals surface area contributed by atoms with E-state index >= 15 is 0 Å². The maximum atomic E-state index is 9.12. The average Bonchev–Trinajstić information content (AvgIpc) is 2.46. The summed E-state index contributed by atoms with van der Waals surface area (Å²) in [5.74, 6) is 0.631. The van der Waals surface area contributed by atoms with Crippen LogP contribution in [0.3, 0.4) is 0 Å². The van der Waals surface area contributed by atoms with Crippen LogP contribution in [0.4, 0.5) is 5.82 Å². The second-order valence-electron chi connectivity index (χ2n) is 3.81. The van der Waals surface area contributed by atoms with E-state index in [9.17, 15) is 0 Å². The van der Waals surface area contributed by atoms with Crippen LogP contribution in [-0.2, 0) is 0 Å². The standard InChI is InChI=1S/C14H13N3O/c15-9-12-8-13(11-4-2-1-3-5-11)10-17-14(12)16-6-7-18/h1-5,8,10,18H,6-7H2,(H,16,17)/p+1. The Morgan fingerprint density at radius 3 is 2.67 bits per heavy atom. The number of hydrogen-bond acceptors (Lipinski definition) is 3. The smallest absolute Gasteiger partial charge is 0.290 e. The zero-order chi connectivity index (χ0) is 12.8. The molecule has 4 heteroatoms. The predicted molar refractivity (Wildman–Crippen MR) is 68.7 cm³/mol. The molecule has 1 heterocycles. The Kier molecular flexibility index (Phi) is 3.90. The second kappa shape index (κ2) is 5.80. The van der Waals surface area contributed by atoms with Crippen LogP contribution >= 0.6 is 0 Å². The fourth-order valence-corrected chi connectivity index (χ4v) is 1.71. The summed E-state index contributed by atoms with van der Waals surface area (Å²) in [6, 6.07) is 13.8. The van der Waals surface area contributed by atoms with E-state index in [1.165, 1.54) is 0 Å². The lowest BCUT2D eigenvalue weighted by atomic mass is 10.1. The van der Waals surface area contributed by atoms with Gasteiger partial charge in [0.15, 0.2) is 0 Å². The van der Waals surface area contributed by atoms with Crippen LogP contribution in [0.25, 0.3) is 11.1 Å². The predicted octanol–water partition coefficient (Wildman–Crippen LogP) is 1.44. The van der Waals surface area contributed by atoms with Gasteiger partial charge in [-0.25, -0.2) is 4.98 Å². The molecule has 90 valence electrons. The van der Waals surface area contributed by atoms with Crippen molar-refractivity contribution in [3.8, 4) is 17.2 Å². The van der Waals surface area contributed by atoms with E-state index in [1.54, 1.807) is 0 Å². The van der Waals surface area contributed by atoms with Crippen molar-refractivity contribution in [2.45, 2.75) is 0 Å². The number of hydrogen-bond donors (Lipinski definition) is 2. The van der Waals surface area contributed by atoms with Crippen LogP contribution < -0.4 is 10.3 Å². The molecule has 0 spiro atoms. The number of aromatic amines is 1. The summed E-state index contributed by atoms with van der Waals surface area (Å²) in [4.78, 5) is 3.05. The maximum absolute atomic E-state index is 9.12. The topological polar surface area (TPSA) is 70.2 Å². The lowest BCUT2D eigenvalue weighted by Gasteiger charge is -2.03. The number of nitriles is 1. The van der Waals surface area contributed by atoms with Gasteiger partial charge in [-0.15, -0.1) is 0 Å². The number of rotatable bonds is 4. The fraction of sp³-hybridized carbons (Fsp3) is 0.143. The molecular formula is C14H14N3O+. The lowest BCUT2D eigenvalue weighted by Crippen LogP contribution is -2.17. The van der Waals surface area contributed by atoms with Gasteiger partial charge in [0.05, 0.1) is 12.8 Å². The summed E-state index contributed by atoms with van der Waals surface area (Å²) in [7, 11) is 0. The molecule has 18 heavy (non-hydrogen) atoms. The number of nitrogens with zero attached hydrogens (tertiary/aromatic N) is 1. The van der Waals surface area contributed by atoms with Gasteiger partial charge in [0.1, 0.15) is 18.2 Å². The molecule has 0 saturated heterocycles. The van der Waals surface area contributed by atoms with Crippen molar-refractivity contribution < 1.29 is 10.1 Å². The summed E-state index contributed by atoms with van der Waals surface area (Å²) in [6.07, 6.45) is 1.84. The molecule has 0 bridgehead atoms. The second-order valence-corrected chi connectivity index (χ2v) is 3.81. The van der Waals surface area contributed by atoms with Crippen LogP contribution in [0.2, 0.25) is 0 Å². The molecule has 1 aromatic carbocycles. The first-order valence-electron chi connectivity index (χ1n) is 5.71. The third kappa shape index (κ3) is 2.65. The minimum Gasteiger partial charge on any atom is -0.392 e. The van der Waals surface area contributed by atoms with E-state index in [2.05, 4.69) is 16.4 Å². The van der Waals surface area contributed by atoms with E-state index in [0.717, 1.165) is 11.1 Å². The Balaban J connectivity index is 2.34. The Bertz CT molecular complexity index is 561. The minimum absolute atomic E-state index is 0.0269. The van der Waals surface area contributed by atoms with Crippen LogP contribution in [0.15, 0.2) is 42.6 Å². The average molecular weight is 240 g/mol. The first-order chi connectivity index (χ1) is 8.85. The van der Waals surface area contributed by atoms with Gasteiger partial charge in [-0.05, 0) is 11.6 Å². The number of aromatic nitrogens is 1. The zero-order valence-electron chi connectivity index (χ0n) is 9.85. The molecule has 0 aliphatic heterocycles. The molecule has 0 aliphatic carbocycles. The van der Waals surface area contributed by atoms with Crippen molar-refractivity contribution in [3.05, 3.63) is 48.2 Å². The molecule has 2 rings (SSSR count). The number of benzene rings is 1. The molecule has 4 nitrogen and oxygen atoms in total. The molecule has 0 amide bonds. The summed E-state index contributed by atoms with van der Waals surface area (Å²) < 4.78 is 0. The molecule has 1 aromatic heterocycles. The molecular weight excluding hydrogens is 226 g/mol. The van der Waals surface area contributed by atoms with E-state index in [-0.39, 0.29) is 6.61 Å². The van der Waals surface area contributed by atoms with E-state index in [4.69, 9.17) is 10.4 Å². The van der Waals surface area contributed by atoms with Crippen molar-refractivity contribution in [1.82, 2.24) is 0 Å². The third-order valence-electron chi connectivity index (χ3n) is 2.58. The van der Waals surface area contributed by atoms with Crippen LogP contribution in [-0.4, -0.2) is 18.3 Å². The van der Waals surface area contributed by atoms with Crippen molar-refractivity contribution in [2.75, 3.05) is 18.5 Å². The van der Waals surface area contributed by atoms with E-state index in [0.29, 0.717) is 17.9 Å². The Labute approximate surface area is 106 Å². The molecule has 0 atom stereocenters. The fourth-order valence-electron chi connectivity index (χ4n) is 1.71. The van der Waals surface area contributed by atoms with Gasteiger partial charge in [-0.3, -0.25) is 5.32 Å². The van der Waals surface area contributed by atoms with E-state index in [1.807, 2.05) is 42.6 Å². The summed E-state index contributed by atoms with van der Waals surface area (Å²) in [5.41, 5.74) is 2.55. The van der Waals surface area contributed by atoms with Gasteiger partial charge in [0, 0.05) is 5.56 Å². The highest BCUT2D eigenvalue weighted by atomic mass is 16.3. The highest BCUT2D eigenvalue weighted by Crippen LogP contribution is 2.20. The van der Waals surface area contributed by atoms with Crippen molar-refractivity contribution >= 4 is 5.82 Å². The van der Waals surface area contributed by atoms with E-state index < -0.39 is 0 Å². The molecule has 2 aromatic rings. The summed E-state index contributed by atoms with van der Waals surface area (Å²) in [6.45, 7) is 0.439. The monoisotopic (exact) mass is 240 g/mol. The molecule has 0 unspecified atom stereocenters. The largest absolute Gasteiger partial charge is 0.392 e. The van der Waals surface area contributed by atoms with Gasteiger partial charge in [0.2, 0.25) is 0 Å². The molecule has 0 radical (unpaired) electrons. The Morgan fingerprint density at radius 2 is 2.00 bits per heavy atom. The van der Waals surface area contributed by atoms with Crippen molar-refractivity contribution in [3.63, 3.8) is 0 Å². The number of aliphatic hydroxyl groups is 1. The number of anilines is 1. The SMILES string of the molecule is N#Cc1cc(-c2ccccc2)c[nH+]c1NCCO. The molecule has 3 N–H and O–H groups in total. The summed E-state index contributed by atoms with van der Waals surface area (Å²) in [5, 5.41) is 20.8. The van der Waals surface area contributed by atoms with Gasteiger partial charge in [-0.1, -0.05) is 30.3 Å². The first-order valence-corrected chi connectivity index (χ1v) is 5.71. The van der Waals surface area contributed by atoms with Gasteiger partial charge >= 0.3 is 0 Å². The minimum atomic E-state index is 0.0269. The van der Waals surface area contributed by atoms with Crippen molar-refractivity contribution in [2.24, 2.45) is 0 Å². The van der Waals surface area contributed by atoms with Gasteiger partial charge < -0.3 is 5.11 Å². The Morgan fingerprint density at radius 1 is 1.22 bits per heavy atom. The van der Waals surface area contributed by atoms with Gasteiger partial charge in [-0.2, -0.15) is 5.26 Å². The van der Waals surface area contributed by atoms with Crippen LogP contribution in [0.5, 0.6) is 0 Å². The molecule has 0 aliphatic rings. The van der Waals surface area contributed by atoms with Crippen LogP contribution in [0.1, 0.15) is 5.56 Å². The lowest BCUT2D eigenvalue weighted by molar-refractivity contribution is -0.360. The number of H-pyrrole nitrogens is 1. The summed E-state index contributed by atoms with van der Waals surface area (Å²) >= 11 is 0. The number of nitrogens with one attached hydrogen (secondary N) is 2. The third-order valence-corrected chi connectivity index (χ3v) is 2.58. The Hall–Kier alpha value is -2.38. The first kappa shape index (κ1) is 12.1. The normalized spacial score (nSPS) is 9.78. The number of aliphatic hydroxyl groups excluding tert-OH is 1. The number of pyridine rings is 1. The highest BCUT2D eigenvalue weighted by Gasteiger charge is 2.11. The van der Waals surface area contributed by atoms with Gasteiger partial charge in [0.25, 0.3) is 5.82 Å². The zero-order valence-corrected chi connectivity index (χ0v) is 9.85. The van der Waals surface area contributed by atoms with Crippen molar-refractivity contribution in [1.29, 1.82) is 5.26 Å². The maximum Gasteiger partial charge on any atom is 0.290 e. The quantitative estimate of drug-likeness (QED) is 0.849. The van der Waals surface area contributed by atoms with Crippen LogP contribution in [0, 0.1) is 11.3 Å². The molecule has 0 fully saturated rings.